The molecule has 0 saturated carbocycles. The lowest BCUT2D eigenvalue weighted by Crippen LogP contribution is -2.48. The van der Waals surface area contributed by atoms with Gasteiger partial charge in [-0.2, -0.15) is 0 Å². The first kappa shape index (κ1) is 14.9. The van der Waals surface area contributed by atoms with Crippen LogP contribution >= 0.6 is 0 Å². The fourth-order valence-corrected chi connectivity index (χ4v) is 3.36. The van der Waals surface area contributed by atoms with Crippen molar-refractivity contribution < 1.29 is 9.90 Å². The average molecular weight is 275 g/mol. The van der Waals surface area contributed by atoms with E-state index in [1.807, 2.05) is 12.1 Å². The monoisotopic (exact) mass is 275 g/mol. The second kappa shape index (κ2) is 5.47. The van der Waals surface area contributed by atoms with Gasteiger partial charge in [0.1, 0.15) is 0 Å². The highest BCUT2D eigenvalue weighted by Gasteiger charge is 2.36. The molecule has 3 heteroatoms. The molecule has 1 aliphatic heterocycles. The van der Waals surface area contributed by atoms with Crippen molar-refractivity contribution in [2.24, 2.45) is 0 Å². The third kappa shape index (κ3) is 2.67. The Morgan fingerprint density at radius 1 is 1.45 bits per heavy atom. The normalized spacial score (nSPS) is 20.6. The fraction of sp³-hybridized carbons (Fsp3) is 0.588. The van der Waals surface area contributed by atoms with Crippen molar-refractivity contribution in [2.45, 2.75) is 58.4 Å². The molecule has 1 N–H and O–H groups in total. The van der Waals surface area contributed by atoms with E-state index in [4.69, 9.17) is 5.11 Å². The van der Waals surface area contributed by atoms with E-state index in [0.717, 1.165) is 19.4 Å². The van der Waals surface area contributed by atoms with Gasteiger partial charge in [0.05, 0.1) is 5.56 Å². The van der Waals surface area contributed by atoms with Gasteiger partial charge in [-0.25, -0.2) is 4.79 Å². The van der Waals surface area contributed by atoms with Gasteiger partial charge in [0.25, 0.3) is 0 Å². The number of carbonyl (C=O) groups is 1. The fourth-order valence-electron chi connectivity index (χ4n) is 3.36. The Labute approximate surface area is 121 Å². The van der Waals surface area contributed by atoms with Gasteiger partial charge in [0.15, 0.2) is 0 Å². The zero-order valence-electron chi connectivity index (χ0n) is 12.9. The summed E-state index contributed by atoms with van der Waals surface area (Å²) in [5.74, 6) is -0.442. The summed E-state index contributed by atoms with van der Waals surface area (Å²) in [6, 6.07) is 5.58. The first-order valence-electron chi connectivity index (χ1n) is 7.51. The summed E-state index contributed by atoms with van der Waals surface area (Å²) in [7, 11) is 0. The van der Waals surface area contributed by atoms with Crippen molar-refractivity contribution in [2.75, 3.05) is 11.4 Å². The Hall–Kier alpha value is -1.51. The minimum Gasteiger partial charge on any atom is -0.478 e. The van der Waals surface area contributed by atoms with Crippen molar-refractivity contribution in [1.82, 2.24) is 0 Å². The van der Waals surface area contributed by atoms with Crippen LogP contribution in [-0.2, 0) is 0 Å². The second-order valence-electron chi connectivity index (χ2n) is 6.50. The average Bonchev–Trinajstić information content (AvgIpc) is 2.37. The van der Waals surface area contributed by atoms with E-state index in [1.54, 1.807) is 6.07 Å². The zero-order valence-corrected chi connectivity index (χ0v) is 12.9. The molecule has 1 heterocycles. The van der Waals surface area contributed by atoms with E-state index in [1.165, 1.54) is 17.7 Å². The number of rotatable bonds is 4. The molecule has 0 fully saturated rings. The van der Waals surface area contributed by atoms with Crippen molar-refractivity contribution in [3.8, 4) is 0 Å². The van der Waals surface area contributed by atoms with Crippen LogP contribution in [0.2, 0.25) is 0 Å². The Morgan fingerprint density at radius 2 is 2.15 bits per heavy atom. The summed E-state index contributed by atoms with van der Waals surface area (Å²) in [6.07, 6.45) is 3.40. The second-order valence-corrected chi connectivity index (χ2v) is 6.50. The largest absolute Gasteiger partial charge is 0.478 e. The van der Waals surface area contributed by atoms with Gasteiger partial charge in [0.2, 0.25) is 0 Å². The maximum atomic E-state index is 11.2. The number of carboxylic acids is 1. The molecule has 0 radical (unpaired) electrons. The molecule has 0 bridgehead atoms. The maximum Gasteiger partial charge on any atom is 0.335 e. The third-order valence-electron chi connectivity index (χ3n) is 4.37. The predicted octanol–water partition coefficient (Wildman–Crippen LogP) is 4.28. The van der Waals surface area contributed by atoms with Crippen LogP contribution in [0.4, 0.5) is 5.69 Å². The smallest absolute Gasteiger partial charge is 0.335 e. The number of benzene rings is 1. The predicted molar refractivity (Wildman–Crippen MR) is 82.8 cm³/mol. The molecule has 0 aromatic heterocycles. The molecule has 1 aliphatic rings. The molecule has 1 aromatic rings. The van der Waals surface area contributed by atoms with Crippen LogP contribution < -0.4 is 4.90 Å². The van der Waals surface area contributed by atoms with E-state index in [9.17, 15) is 4.79 Å². The van der Waals surface area contributed by atoms with E-state index in [-0.39, 0.29) is 5.54 Å². The van der Waals surface area contributed by atoms with Crippen LogP contribution in [0.15, 0.2) is 18.2 Å². The van der Waals surface area contributed by atoms with Gasteiger partial charge >= 0.3 is 5.97 Å². The summed E-state index contributed by atoms with van der Waals surface area (Å²) in [5, 5.41) is 9.17. The van der Waals surface area contributed by atoms with Crippen molar-refractivity contribution in [3.63, 3.8) is 0 Å². The first-order valence-corrected chi connectivity index (χ1v) is 7.51. The standard InChI is InChI=1S/C17H25NO2/c1-5-6-9-18-15-8-7-13(16(19)20)10-14(15)12(2)11-17(18,3)4/h7-8,10,12H,5-6,9,11H2,1-4H3,(H,19,20). The van der Waals surface area contributed by atoms with Crippen molar-refractivity contribution in [1.29, 1.82) is 0 Å². The van der Waals surface area contributed by atoms with Crippen LogP contribution in [0.5, 0.6) is 0 Å². The minimum absolute atomic E-state index is 0.131. The Kier molecular flexibility index (Phi) is 4.07. The molecule has 110 valence electrons. The number of aromatic carboxylic acids is 1. The van der Waals surface area contributed by atoms with Gasteiger partial charge in [-0.05, 0) is 56.4 Å². The van der Waals surface area contributed by atoms with Crippen LogP contribution in [-0.4, -0.2) is 23.2 Å². The van der Waals surface area contributed by atoms with Gasteiger partial charge in [-0.3, -0.25) is 0 Å². The molecule has 0 spiro atoms. The summed E-state index contributed by atoms with van der Waals surface area (Å²) in [6.45, 7) is 10.0. The van der Waals surface area contributed by atoms with Gasteiger partial charge < -0.3 is 10.0 Å². The summed E-state index contributed by atoms with van der Waals surface area (Å²) in [4.78, 5) is 13.6. The number of hydrogen-bond acceptors (Lipinski definition) is 2. The molecule has 0 saturated heterocycles. The summed E-state index contributed by atoms with van der Waals surface area (Å²) >= 11 is 0. The molecule has 1 aromatic carbocycles. The molecular formula is C17H25NO2. The van der Waals surface area contributed by atoms with Crippen molar-refractivity contribution in [3.05, 3.63) is 29.3 Å². The number of nitrogens with zero attached hydrogens (tertiary/aromatic N) is 1. The SMILES string of the molecule is CCCCN1c2ccc(C(=O)O)cc2C(C)CC1(C)C. The number of carboxylic acid groups (broad SMARTS) is 1. The van der Waals surface area contributed by atoms with Crippen LogP contribution in [0.25, 0.3) is 0 Å². The molecular weight excluding hydrogens is 250 g/mol. The molecule has 1 unspecified atom stereocenters. The number of unbranched alkanes of at least 4 members (excludes halogenated alkanes) is 1. The molecule has 0 amide bonds. The maximum absolute atomic E-state index is 11.2. The number of anilines is 1. The highest BCUT2D eigenvalue weighted by molar-refractivity contribution is 5.88. The lowest BCUT2D eigenvalue weighted by atomic mass is 9.79. The number of hydrogen-bond donors (Lipinski definition) is 1. The third-order valence-corrected chi connectivity index (χ3v) is 4.37. The van der Waals surface area contributed by atoms with Gasteiger partial charge in [0, 0.05) is 17.8 Å². The van der Waals surface area contributed by atoms with E-state index in [2.05, 4.69) is 32.6 Å². The molecule has 3 nitrogen and oxygen atoms in total. The topological polar surface area (TPSA) is 40.5 Å². The van der Waals surface area contributed by atoms with Crippen LogP contribution in [0.3, 0.4) is 0 Å². The van der Waals surface area contributed by atoms with Crippen LogP contribution in [0.1, 0.15) is 68.8 Å². The zero-order chi connectivity index (χ0) is 14.9. The van der Waals surface area contributed by atoms with Gasteiger partial charge in [-0.1, -0.05) is 20.3 Å². The van der Waals surface area contributed by atoms with Gasteiger partial charge in [-0.15, -0.1) is 0 Å². The minimum atomic E-state index is -0.843. The highest BCUT2D eigenvalue weighted by Crippen LogP contribution is 2.43. The summed E-state index contributed by atoms with van der Waals surface area (Å²) in [5.41, 5.74) is 2.92. The quantitative estimate of drug-likeness (QED) is 0.891. The lowest BCUT2D eigenvalue weighted by molar-refractivity contribution is 0.0696. The lowest BCUT2D eigenvalue weighted by Gasteiger charge is -2.47. The van der Waals surface area contributed by atoms with E-state index >= 15 is 0 Å². The Morgan fingerprint density at radius 3 is 2.75 bits per heavy atom. The molecule has 1 atom stereocenters. The van der Waals surface area contributed by atoms with Crippen molar-refractivity contribution >= 4 is 11.7 Å². The summed E-state index contributed by atoms with van der Waals surface area (Å²) < 4.78 is 0. The molecule has 20 heavy (non-hydrogen) atoms. The highest BCUT2D eigenvalue weighted by atomic mass is 16.4. The van der Waals surface area contributed by atoms with E-state index in [0.29, 0.717) is 11.5 Å². The Balaban J connectivity index is 2.45. The molecule has 2 rings (SSSR count). The Bertz CT molecular complexity index is 508. The first-order chi connectivity index (χ1) is 9.36. The van der Waals surface area contributed by atoms with Crippen LogP contribution in [0, 0.1) is 0 Å². The van der Waals surface area contributed by atoms with E-state index < -0.39 is 5.97 Å². The molecule has 0 aliphatic carbocycles. The number of fused-ring (bicyclic) bond motifs is 1.